The summed E-state index contributed by atoms with van der Waals surface area (Å²) in [5.74, 6) is -0.941. The summed E-state index contributed by atoms with van der Waals surface area (Å²) in [5.41, 5.74) is 0. The fraction of sp³-hybridized carbons (Fsp3) is 0.653. The summed E-state index contributed by atoms with van der Waals surface area (Å²) in [5, 5.41) is 0. The van der Waals surface area contributed by atoms with Gasteiger partial charge in [-0.05, 0) is 135 Å². The fourth-order valence-electron chi connectivity index (χ4n) is 8.61. The molecule has 78 heavy (non-hydrogen) atoms. The van der Waals surface area contributed by atoms with Crippen molar-refractivity contribution in [1.29, 1.82) is 0 Å². The zero-order valence-electron chi connectivity index (χ0n) is 50.6. The van der Waals surface area contributed by atoms with Crippen molar-refractivity contribution in [3.05, 3.63) is 134 Å². The highest BCUT2D eigenvalue weighted by molar-refractivity contribution is 5.71. The number of rotatable bonds is 57. The summed E-state index contributed by atoms with van der Waals surface area (Å²) < 4.78 is 16.9. The Labute approximate surface area is 481 Å². The predicted molar refractivity (Wildman–Crippen MR) is 339 cm³/mol. The van der Waals surface area contributed by atoms with Crippen LogP contribution in [0.25, 0.3) is 0 Å². The molecule has 1 unspecified atom stereocenters. The van der Waals surface area contributed by atoms with Gasteiger partial charge in [0.1, 0.15) is 13.2 Å². The molecule has 0 spiro atoms. The minimum Gasteiger partial charge on any atom is -0.462 e. The van der Waals surface area contributed by atoms with Gasteiger partial charge in [-0.3, -0.25) is 14.4 Å². The summed E-state index contributed by atoms with van der Waals surface area (Å²) in [6.45, 7) is 6.38. The monoisotopic (exact) mass is 1080 g/mol. The van der Waals surface area contributed by atoms with Gasteiger partial charge in [-0.1, -0.05) is 264 Å². The molecule has 0 aromatic heterocycles. The average molecular weight is 1080 g/mol. The summed E-state index contributed by atoms with van der Waals surface area (Å²) in [6.07, 6.45) is 91.7. The number of carbonyl (C=O) groups is 3. The first kappa shape index (κ1) is 73.5. The quantitative estimate of drug-likeness (QED) is 0.0261. The Hall–Kier alpha value is -4.45. The molecule has 0 radical (unpaired) electrons. The molecule has 0 saturated heterocycles. The van der Waals surface area contributed by atoms with Gasteiger partial charge < -0.3 is 14.2 Å². The van der Waals surface area contributed by atoms with E-state index in [2.05, 4.69) is 154 Å². The third-order valence-corrected chi connectivity index (χ3v) is 13.4. The molecular weight excluding hydrogens is 961 g/mol. The summed E-state index contributed by atoms with van der Waals surface area (Å²) in [7, 11) is 0. The van der Waals surface area contributed by atoms with E-state index in [1.807, 2.05) is 0 Å². The van der Waals surface area contributed by atoms with Crippen molar-refractivity contribution in [2.24, 2.45) is 0 Å². The van der Waals surface area contributed by atoms with E-state index < -0.39 is 6.10 Å². The van der Waals surface area contributed by atoms with Crippen LogP contribution in [0, 0.1) is 0 Å². The SMILES string of the molecule is CC/C=C\C/C=C\C/C=C\C/C=C\C/C=C\C/C=C\C/C=C\CCCCCCCCCC(=O)OCC(COC(=O)CCCCC/C=C\C/C=C\C/C=C\CC)OC(=O)CCCCCCCCC/C=C\CCCCCCCCC. The number of ether oxygens (including phenoxy) is 3. The zero-order valence-corrected chi connectivity index (χ0v) is 50.6. The van der Waals surface area contributed by atoms with Crippen molar-refractivity contribution >= 4 is 17.9 Å². The molecule has 0 aliphatic carbocycles. The van der Waals surface area contributed by atoms with Gasteiger partial charge in [-0.15, -0.1) is 0 Å². The first-order valence-corrected chi connectivity index (χ1v) is 32.2. The number of carbonyl (C=O) groups excluding carboxylic acids is 3. The van der Waals surface area contributed by atoms with Crippen LogP contribution in [0.4, 0.5) is 0 Å². The van der Waals surface area contributed by atoms with Gasteiger partial charge in [0.05, 0.1) is 0 Å². The van der Waals surface area contributed by atoms with Crippen molar-refractivity contribution in [2.45, 2.75) is 290 Å². The number of hydrogen-bond acceptors (Lipinski definition) is 6. The van der Waals surface area contributed by atoms with Crippen molar-refractivity contribution in [3.63, 3.8) is 0 Å². The van der Waals surface area contributed by atoms with Gasteiger partial charge in [-0.25, -0.2) is 0 Å². The highest BCUT2D eigenvalue weighted by Gasteiger charge is 2.19. The molecule has 6 nitrogen and oxygen atoms in total. The van der Waals surface area contributed by atoms with Crippen molar-refractivity contribution in [3.8, 4) is 0 Å². The molecule has 6 heteroatoms. The lowest BCUT2D eigenvalue weighted by atomic mass is 10.1. The van der Waals surface area contributed by atoms with Crippen LogP contribution in [0.3, 0.4) is 0 Å². The third-order valence-electron chi connectivity index (χ3n) is 13.4. The highest BCUT2D eigenvalue weighted by Crippen LogP contribution is 2.15. The minimum absolute atomic E-state index is 0.0982. The number of allylic oxidation sites excluding steroid dienone is 22. The van der Waals surface area contributed by atoms with E-state index in [0.717, 1.165) is 135 Å². The predicted octanol–water partition coefficient (Wildman–Crippen LogP) is 22.2. The molecule has 0 aromatic rings. The van der Waals surface area contributed by atoms with Crippen LogP contribution in [-0.4, -0.2) is 37.2 Å². The maximum absolute atomic E-state index is 12.9. The molecule has 0 aliphatic rings. The van der Waals surface area contributed by atoms with E-state index in [0.29, 0.717) is 19.3 Å². The Kier molecular flexibility index (Phi) is 61.4. The number of esters is 3. The Morgan fingerprint density at radius 2 is 0.500 bits per heavy atom. The lowest BCUT2D eigenvalue weighted by Gasteiger charge is -2.18. The molecule has 0 heterocycles. The van der Waals surface area contributed by atoms with E-state index >= 15 is 0 Å². The standard InChI is InChI=1S/C72H118O6/c1-4-7-10-13-16-19-22-25-27-29-31-32-33-34-35-36-37-38-39-40-41-43-44-47-50-53-56-59-62-65-71(74)77-68-69(67-76-70(73)64-61-58-55-52-49-46-24-21-18-15-12-9-6-3)78-72(75)66-63-60-57-54-51-48-45-42-30-28-26-23-20-17-14-11-8-5-2/h7,9-10,12,16,18-19,21,25,27-28,30-32,34-35,37-38,40-41,46,49,69H,4-6,8,11,13-15,17,20,22-24,26,29,33,36,39,42-45,47-48,50-68H2,1-3H3/b10-7-,12-9-,19-16-,21-18-,27-25-,30-28-,32-31-,35-34-,38-37-,41-40-,49-46-. The third kappa shape index (κ3) is 62.4. The molecule has 0 amide bonds. The van der Waals surface area contributed by atoms with E-state index in [9.17, 15) is 14.4 Å². The first-order chi connectivity index (χ1) is 38.5. The van der Waals surface area contributed by atoms with Crippen molar-refractivity contribution in [1.82, 2.24) is 0 Å². The summed E-state index contributed by atoms with van der Waals surface area (Å²) >= 11 is 0. The largest absolute Gasteiger partial charge is 0.462 e. The molecule has 0 fully saturated rings. The minimum atomic E-state index is -0.802. The Balaban J connectivity index is 4.36. The van der Waals surface area contributed by atoms with E-state index in [1.54, 1.807) is 0 Å². The van der Waals surface area contributed by atoms with E-state index in [-0.39, 0.29) is 31.1 Å². The summed E-state index contributed by atoms with van der Waals surface area (Å²) in [6, 6.07) is 0. The normalized spacial score (nSPS) is 13.0. The van der Waals surface area contributed by atoms with Crippen molar-refractivity contribution < 1.29 is 28.6 Å². The molecule has 0 aromatic carbocycles. The molecule has 1 atom stereocenters. The fourth-order valence-corrected chi connectivity index (χ4v) is 8.61. The molecule has 0 bridgehead atoms. The van der Waals surface area contributed by atoms with Crippen LogP contribution < -0.4 is 0 Å². The maximum atomic E-state index is 12.9. The molecular formula is C72H118O6. The Morgan fingerprint density at radius 1 is 0.269 bits per heavy atom. The second-order valence-electron chi connectivity index (χ2n) is 20.9. The van der Waals surface area contributed by atoms with Gasteiger partial charge >= 0.3 is 17.9 Å². The Morgan fingerprint density at radius 3 is 0.808 bits per heavy atom. The van der Waals surface area contributed by atoms with Gasteiger partial charge in [0.25, 0.3) is 0 Å². The van der Waals surface area contributed by atoms with Gasteiger partial charge in [0.15, 0.2) is 6.10 Å². The topological polar surface area (TPSA) is 78.9 Å². The summed E-state index contributed by atoms with van der Waals surface area (Å²) in [4.78, 5) is 38.3. The highest BCUT2D eigenvalue weighted by atomic mass is 16.6. The van der Waals surface area contributed by atoms with Gasteiger partial charge in [0, 0.05) is 19.3 Å². The van der Waals surface area contributed by atoms with Crippen LogP contribution >= 0.6 is 0 Å². The van der Waals surface area contributed by atoms with Crippen LogP contribution in [0.1, 0.15) is 284 Å². The van der Waals surface area contributed by atoms with E-state index in [1.165, 1.54) is 109 Å². The lowest BCUT2D eigenvalue weighted by Crippen LogP contribution is -2.30. The zero-order chi connectivity index (χ0) is 56.4. The van der Waals surface area contributed by atoms with Gasteiger partial charge in [0.2, 0.25) is 0 Å². The molecule has 0 saturated carbocycles. The van der Waals surface area contributed by atoms with Crippen LogP contribution in [0.5, 0.6) is 0 Å². The molecule has 0 aliphatic heterocycles. The second kappa shape index (κ2) is 65.1. The smallest absolute Gasteiger partial charge is 0.306 e. The van der Waals surface area contributed by atoms with Crippen LogP contribution in [0.2, 0.25) is 0 Å². The number of hydrogen-bond donors (Lipinski definition) is 0. The average Bonchev–Trinajstić information content (AvgIpc) is 3.44. The van der Waals surface area contributed by atoms with Crippen molar-refractivity contribution in [2.75, 3.05) is 13.2 Å². The molecule has 442 valence electrons. The number of unbranched alkanes of at least 4 members (excludes halogenated alkanes) is 24. The molecule has 0 rings (SSSR count). The maximum Gasteiger partial charge on any atom is 0.306 e. The lowest BCUT2D eigenvalue weighted by molar-refractivity contribution is -0.167. The molecule has 0 N–H and O–H groups in total. The van der Waals surface area contributed by atoms with Gasteiger partial charge in [-0.2, -0.15) is 0 Å². The van der Waals surface area contributed by atoms with Crippen LogP contribution in [0.15, 0.2) is 134 Å². The first-order valence-electron chi connectivity index (χ1n) is 32.2. The van der Waals surface area contributed by atoms with Crippen LogP contribution in [-0.2, 0) is 28.6 Å². The Bertz CT molecular complexity index is 1670. The van der Waals surface area contributed by atoms with E-state index in [4.69, 9.17) is 14.2 Å². The second-order valence-corrected chi connectivity index (χ2v) is 20.9.